The van der Waals surface area contributed by atoms with Crippen LogP contribution in [0.4, 0.5) is 0 Å². The van der Waals surface area contributed by atoms with Crippen LogP contribution >= 0.6 is 11.6 Å². The van der Waals surface area contributed by atoms with Crippen molar-refractivity contribution in [3.05, 3.63) is 34.9 Å². The lowest BCUT2D eigenvalue weighted by molar-refractivity contribution is 0.118. The van der Waals surface area contributed by atoms with E-state index >= 15 is 0 Å². The Kier molecular flexibility index (Phi) is 6.15. The van der Waals surface area contributed by atoms with Crippen molar-refractivity contribution in [3.8, 4) is 0 Å². The molecule has 0 radical (unpaired) electrons. The van der Waals surface area contributed by atoms with E-state index in [9.17, 15) is 0 Å². The Hall–Kier alpha value is -0.570. The largest absolute Gasteiger partial charge is 0.375 e. The molecule has 106 valence electrons. The zero-order valence-electron chi connectivity index (χ0n) is 11.7. The van der Waals surface area contributed by atoms with Gasteiger partial charge in [0.05, 0.1) is 13.2 Å². The number of halogens is 1. The molecule has 1 aromatic carbocycles. The molecule has 0 atom stereocenters. The maximum Gasteiger partial charge on any atom is 0.0731 e. The molecule has 1 aliphatic carbocycles. The average molecular weight is 282 g/mol. The molecule has 19 heavy (non-hydrogen) atoms. The molecule has 0 saturated heterocycles. The molecule has 0 heterocycles. The van der Waals surface area contributed by atoms with Crippen molar-refractivity contribution in [1.82, 2.24) is 5.32 Å². The van der Waals surface area contributed by atoms with Crippen LogP contribution < -0.4 is 5.32 Å². The molecule has 3 heteroatoms. The van der Waals surface area contributed by atoms with Crippen LogP contribution in [0.1, 0.15) is 38.2 Å². The molecule has 1 aromatic rings. The van der Waals surface area contributed by atoms with Gasteiger partial charge in [-0.15, -0.1) is 0 Å². The van der Waals surface area contributed by atoms with Crippen molar-refractivity contribution in [2.75, 3.05) is 13.2 Å². The second-order valence-electron chi connectivity index (χ2n) is 5.55. The summed E-state index contributed by atoms with van der Waals surface area (Å²) in [6.07, 6.45) is 5.34. The maximum absolute atomic E-state index is 6.08. The molecule has 2 rings (SSSR count). The summed E-state index contributed by atoms with van der Waals surface area (Å²) in [6.45, 7) is 4.63. The third-order valence-electron chi connectivity index (χ3n) is 3.91. The predicted octanol–water partition coefficient (Wildman–Crippen LogP) is 4.02. The van der Waals surface area contributed by atoms with E-state index in [1.54, 1.807) is 0 Å². The zero-order chi connectivity index (χ0) is 13.5. The lowest BCUT2D eigenvalue weighted by atomic mass is 9.87. The number of hydrogen-bond donors (Lipinski definition) is 1. The summed E-state index contributed by atoms with van der Waals surface area (Å²) in [5, 5.41) is 4.37. The highest BCUT2D eigenvalue weighted by molar-refractivity contribution is 6.31. The summed E-state index contributed by atoms with van der Waals surface area (Å²) in [5.41, 5.74) is 1.07. The third kappa shape index (κ3) is 5.13. The summed E-state index contributed by atoms with van der Waals surface area (Å²) in [7, 11) is 0. The van der Waals surface area contributed by atoms with Crippen LogP contribution in [0.25, 0.3) is 0 Å². The van der Waals surface area contributed by atoms with Crippen LogP contribution in [0.15, 0.2) is 24.3 Å². The third-order valence-corrected chi connectivity index (χ3v) is 4.28. The lowest BCUT2D eigenvalue weighted by Gasteiger charge is -2.27. The van der Waals surface area contributed by atoms with Crippen molar-refractivity contribution < 1.29 is 4.74 Å². The van der Waals surface area contributed by atoms with Crippen LogP contribution in [0.2, 0.25) is 5.02 Å². The second-order valence-corrected chi connectivity index (χ2v) is 5.96. The Balaban J connectivity index is 1.56. The Morgan fingerprint density at radius 2 is 1.95 bits per heavy atom. The van der Waals surface area contributed by atoms with Gasteiger partial charge in [-0.2, -0.15) is 0 Å². The first-order valence-electron chi connectivity index (χ1n) is 7.30. The normalized spacial score (nSPS) is 23.5. The maximum atomic E-state index is 6.08. The zero-order valence-corrected chi connectivity index (χ0v) is 12.5. The molecule has 0 spiro atoms. The first-order chi connectivity index (χ1) is 9.25. The summed E-state index contributed by atoms with van der Waals surface area (Å²) in [6, 6.07) is 8.55. The van der Waals surface area contributed by atoms with Gasteiger partial charge in [0, 0.05) is 17.6 Å². The predicted molar refractivity (Wildman–Crippen MR) is 80.5 cm³/mol. The van der Waals surface area contributed by atoms with E-state index in [0.29, 0.717) is 12.6 Å². The molecule has 0 bridgehead atoms. The van der Waals surface area contributed by atoms with E-state index in [0.717, 1.165) is 29.7 Å². The van der Waals surface area contributed by atoms with Crippen molar-refractivity contribution in [2.24, 2.45) is 5.92 Å². The van der Waals surface area contributed by atoms with E-state index in [-0.39, 0.29) is 0 Å². The molecule has 1 saturated carbocycles. The fourth-order valence-electron chi connectivity index (χ4n) is 2.60. The number of hydrogen-bond acceptors (Lipinski definition) is 2. The molecule has 1 aliphatic rings. The van der Waals surface area contributed by atoms with Gasteiger partial charge in [0.1, 0.15) is 0 Å². The minimum atomic E-state index is 0.600. The first-order valence-corrected chi connectivity index (χ1v) is 7.68. The van der Waals surface area contributed by atoms with E-state index in [1.807, 2.05) is 24.3 Å². The molecule has 2 nitrogen and oxygen atoms in total. The van der Waals surface area contributed by atoms with E-state index in [2.05, 4.69) is 12.2 Å². The van der Waals surface area contributed by atoms with Gasteiger partial charge in [0.15, 0.2) is 0 Å². The Bertz CT molecular complexity index is 375. The SMILES string of the molecule is C[C@H]1CC[C@H](NCCOCc2ccccc2Cl)CC1. The van der Waals surface area contributed by atoms with Crippen LogP contribution in [-0.4, -0.2) is 19.2 Å². The van der Waals surface area contributed by atoms with Gasteiger partial charge in [-0.1, -0.05) is 36.7 Å². The smallest absolute Gasteiger partial charge is 0.0731 e. The summed E-state index contributed by atoms with van der Waals surface area (Å²) in [4.78, 5) is 0. The fourth-order valence-corrected chi connectivity index (χ4v) is 2.79. The topological polar surface area (TPSA) is 21.3 Å². The fraction of sp³-hybridized carbons (Fsp3) is 0.625. The molecular formula is C16H24ClNO. The van der Waals surface area contributed by atoms with Crippen LogP contribution in [-0.2, 0) is 11.3 Å². The monoisotopic (exact) mass is 281 g/mol. The molecule has 1 N–H and O–H groups in total. The minimum absolute atomic E-state index is 0.600. The Morgan fingerprint density at radius 1 is 1.21 bits per heavy atom. The molecule has 0 aliphatic heterocycles. The van der Waals surface area contributed by atoms with Crippen LogP contribution in [0.5, 0.6) is 0 Å². The lowest BCUT2D eigenvalue weighted by Crippen LogP contribution is -2.34. The molecule has 0 aromatic heterocycles. The Morgan fingerprint density at radius 3 is 2.68 bits per heavy atom. The number of benzene rings is 1. The van der Waals surface area contributed by atoms with E-state index < -0.39 is 0 Å². The van der Waals surface area contributed by atoms with Crippen LogP contribution in [0.3, 0.4) is 0 Å². The summed E-state index contributed by atoms with van der Waals surface area (Å²) < 4.78 is 5.67. The van der Waals surface area contributed by atoms with Crippen LogP contribution in [0, 0.1) is 5.92 Å². The first kappa shape index (κ1) is 14.8. The highest BCUT2D eigenvalue weighted by Crippen LogP contribution is 2.23. The van der Waals surface area contributed by atoms with Gasteiger partial charge in [-0.3, -0.25) is 0 Å². The number of rotatable bonds is 6. The Labute approximate surface area is 121 Å². The average Bonchev–Trinajstić information content (AvgIpc) is 2.42. The number of nitrogens with one attached hydrogen (secondary N) is 1. The van der Waals surface area contributed by atoms with Gasteiger partial charge in [0.25, 0.3) is 0 Å². The number of ether oxygens (including phenoxy) is 1. The summed E-state index contributed by atoms with van der Waals surface area (Å²) in [5.74, 6) is 0.912. The van der Waals surface area contributed by atoms with Gasteiger partial charge >= 0.3 is 0 Å². The van der Waals surface area contributed by atoms with E-state index in [4.69, 9.17) is 16.3 Å². The van der Waals surface area contributed by atoms with Gasteiger partial charge < -0.3 is 10.1 Å². The van der Waals surface area contributed by atoms with Crippen molar-refractivity contribution >= 4 is 11.6 Å². The van der Waals surface area contributed by atoms with E-state index in [1.165, 1.54) is 25.7 Å². The highest BCUT2D eigenvalue weighted by atomic mass is 35.5. The molecule has 1 fully saturated rings. The van der Waals surface area contributed by atoms with Crippen molar-refractivity contribution in [3.63, 3.8) is 0 Å². The molecule has 0 unspecified atom stereocenters. The van der Waals surface area contributed by atoms with Gasteiger partial charge in [0.2, 0.25) is 0 Å². The second kappa shape index (κ2) is 7.88. The van der Waals surface area contributed by atoms with Crippen molar-refractivity contribution in [2.45, 2.75) is 45.3 Å². The molecular weight excluding hydrogens is 258 g/mol. The minimum Gasteiger partial charge on any atom is -0.375 e. The summed E-state index contributed by atoms with van der Waals surface area (Å²) >= 11 is 6.08. The van der Waals surface area contributed by atoms with Gasteiger partial charge in [-0.05, 0) is 43.2 Å². The molecule has 0 amide bonds. The van der Waals surface area contributed by atoms with Gasteiger partial charge in [-0.25, -0.2) is 0 Å². The standard InChI is InChI=1S/C16H24ClNO/c1-13-6-8-15(9-7-13)18-10-11-19-12-14-4-2-3-5-16(14)17/h2-5,13,15,18H,6-12H2,1H3/t13-,15-. The van der Waals surface area contributed by atoms with Crippen molar-refractivity contribution in [1.29, 1.82) is 0 Å². The quantitative estimate of drug-likeness (QED) is 0.795. The highest BCUT2D eigenvalue weighted by Gasteiger charge is 2.16.